The van der Waals surface area contributed by atoms with Crippen LogP contribution in [0.1, 0.15) is 25.5 Å². The number of piperazine rings is 1. The van der Waals surface area contributed by atoms with Gasteiger partial charge in [-0.05, 0) is 38.5 Å². The Morgan fingerprint density at radius 3 is 2.54 bits per heavy atom. The molecule has 1 aliphatic heterocycles. The Morgan fingerprint density at radius 2 is 1.86 bits per heavy atom. The van der Waals surface area contributed by atoms with Crippen LogP contribution < -0.4 is 15.9 Å². The van der Waals surface area contributed by atoms with E-state index in [-0.39, 0.29) is 11.6 Å². The third kappa shape index (κ3) is 3.39. The van der Waals surface area contributed by atoms with Gasteiger partial charge < -0.3 is 5.32 Å². The maximum absolute atomic E-state index is 12.6. The Labute approximate surface area is 164 Å². The van der Waals surface area contributed by atoms with Crippen molar-refractivity contribution in [3.8, 4) is 0 Å². The number of fused-ring (bicyclic) bond motifs is 1. The number of para-hydroxylation sites is 1. The number of rotatable bonds is 4. The van der Waals surface area contributed by atoms with Gasteiger partial charge in [-0.2, -0.15) is 4.98 Å². The highest BCUT2D eigenvalue weighted by molar-refractivity contribution is 5.79. The van der Waals surface area contributed by atoms with Crippen LogP contribution in [-0.4, -0.2) is 45.7 Å². The standard InChI is InChI=1S/C21H26N6O/c1-15(2)26-19(28)13-16(3)18-14-23-21(24-20(18)26)27(17-7-5-4-6-8-17)25-11-9-22-10-12-25/h4-8,13-15,22H,9-12H2,1-3H3. The Kier molecular flexibility index (Phi) is 5.11. The average Bonchev–Trinajstić information content (AvgIpc) is 2.69. The second-order valence-corrected chi connectivity index (χ2v) is 7.39. The van der Waals surface area contributed by atoms with Crippen LogP contribution in [-0.2, 0) is 0 Å². The van der Waals surface area contributed by atoms with Crippen molar-refractivity contribution in [3.05, 3.63) is 58.5 Å². The number of benzene rings is 1. The smallest absolute Gasteiger partial charge is 0.252 e. The van der Waals surface area contributed by atoms with E-state index in [0.29, 0.717) is 11.6 Å². The van der Waals surface area contributed by atoms with Crippen LogP contribution in [0, 0.1) is 6.92 Å². The first-order valence-corrected chi connectivity index (χ1v) is 9.76. The molecule has 1 saturated heterocycles. The monoisotopic (exact) mass is 378 g/mol. The summed E-state index contributed by atoms with van der Waals surface area (Å²) in [6.45, 7) is 9.48. The van der Waals surface area contributed by atoms with Gasteiger partial charge in [0.25, 0.3) is 5.56 Å². The van der Waals surface area contributed by atoms with Gasteiger partial charge in [0.1, 0.15) is 5.65 Å². The van der Waals surface area contributed by atoms with Gasteiger partial charge in [-0.25, -0.2) is 15.0 Å². The molecule has 1 N–H and O–H groups in total. The second-order valence-electron chi connectivity index (χ2n) is 7.39. The molecule has 7 nitrogen and oxygen atoms in total. The number of hydrogen-bond donors (Lipinski definition) is 1. The van der Waals surface area contributed by atoms with E-state index in [1.54, 1.807) is 10.6 Å². The maximum atomic E-state index is 12.6. The van der Waals surface area contributed by atoms with Crippen molar-refractivity contribution in [1.29, 1.82) is 0 Å². The molecule has 0 spiro atoms. The summed E-state index contributed by atoms with van der Waals surface area (Å²) < 4.78 is 1.74. The van der Waals surface area contributed by atoms with Gasteiger partial charge in [0.05, 0.1) is 5.69 Å². The van der Waals surface area contributed by atoms with Gasteiger partial charge in [0, 0.05) is 49.9 Å². The summed E-state index contributed by atoms with van der Waals surface area (Å²) in [5.74, 6) is 0.583. The highest BCUT2D eigenvalue weighted by Gasteiger charge is 2.23. The molecule has 0 bridgehead atoms. The summed E-state index contributed by atoms with van der Waals surface area (Å²) in [4.78, 5) is 22.2. The summed E-state index contributed by atoms with van der Waals surface area (Å²) in [7, 11) is 0. The van der Waals surface area contributed by atoms with Crippen molar-refractivity contribution < 1.29 is 0 Å². The summed E-state index contributed by atoms with van der Waals surface area (Å²) in [6, 6.07) is 11.8. The fourth-order valence-electron chi connectivity index (χ4n) is 3.69. The third-order valence-electron chi connectivity index (χ3n) is 5.07. The molecule has 2 aromatic heterocycles. The van der Waals surface area contributed by atoms with Gasteiger partial charge in [0.2, 0.25) is 5.95 Å². The van der Waals surface area contributed by atoms with Gasteiger partial charge in [-0.15, -0.1) is 0 Å². The first kappa shape index (κ1) is 18.6. The van der Waals surface area contributed by atoms with Crippen molar-refractivity contribution in [3.63, 3.8) is 0 Å². The zero-order valence-electron chi connectivity index (χ0n) is 16.6. The van der Waals surface area contributed by atoms with Crippen LogP contribution in [0.25, 0.3) is 11.0 Å². The predicted molar refractivity (Wildman–Crippen MR) is 112 cm³/mol. The van der Waals surface area contributed by atoms with Crippen LogP contribution >= 0.6 is 0 Å². The first-order chi connectivity index (χ1) is 13.6. The van der Waals surface area contributed by atoms with Crippen LogP contribution in [0.2, 0.25) is 0 Å². The van der Waals surface area contributed by atoms with Crippen molar-refractivity contribution in [2.75, 3.05) is 31.2 Å². The van der Waals surface area contributed by atoms with E-state index < -0.39 is 0 Å². The minimum absolute atomic E-state index is 0.0164. The molecule has 1 aliphatic rings. The van der Waals surface area contributed by atoms with Crippen LogP contribution in [0.5, 0.6) is 0 Å². The van der Waals surface area contributed by atoms with E-state index in [2.05, 4.69) is 32.5 Å². The molecule has 0 amide bonds. The maximum Gasteiger partial charge on any atom is 0.252 e. The van der Waals surface area contributed by atoms with E-state index >= 15 is 0 Å². The number of aryl methyl sites for hydroxylation is 1. The quantitative estimate of drug-likeness (QED) is 0.753. The molecule has 0 atom stereocenters. The minimum Gasteiger partial charge on any atom is -0.314 e. The van der Waals surface area contributed by atoms with E-state index in [4.69, 9.17) is 4.98 Å². The van der Waals surface area contributed by atoms with E-state index in [1.165, 1.54) is 0 Å². The molecular formula is C21H26N6O. The zero-order valence-corrected chi connectivity index (χ0v) is 16.6. The second kappa shape index (κ2) is 7.69. The Bertz CT molecular complexity index is 1020. The molecule has 0 unspecified atom stereocenters. The molecule has 0 saturated carbocycles. The number of aromatic nitrogens is 3. The largest absolute Gasteiger partial charge is 0.314 e. The zero-order chi connectivity index (χ0) is 19.7. The van der Waals surface area contributed by atoms with E-state index in [9.17, 15) is 4.79 Å². The number of nitrogens with one attached hydrogen (secondary N) is 1. The average molecular weight is 378 g/mol. The van der Waals surface area contributed by atoms with Gasteiger partial charge >= 0.3 is 0 Å². The number of pyridine rings is 1. The lowest BCUT2D eigenvalue weighted by Crippen LogP contribution is -2.51. The highest BCUT2D eigenvalue weighted by atomic mass is 16.1. The molecule has 4 rings (SSSR count). The summed E-state index contributed by atoms with van der Waals surface area (Å²) in [5, 5.41) is 8.61. The van der Waals surface area contributed by atoms with Gasteiger partial charge in [0.15, 0.2) is 0 Å². The molecule has 3 aromatic rings. The molecule has 0 radical (unpaired) electrons. The molecule has 146 valence electrons. The summed E-state index contributed by atoms with van der Waals surface area (Å²) in [6.07, 6.45) is 1.84. The predicted octanol–water partition coefficient (Wildman–Crippen LogP) is 2.64. The molecule has 28 heavy (non-hydrogen) atoms. The number of hydrazine groups is 1. The normalized spacial score (nSPS) is 15.3. The Hall–Kier alpha value is -2.77. The highest BCUT2D eigenvalue weighted by Crippen LogP contribution is 2.27. The van der Waals surface area contributed by atoms with E-state index in [1.807, 2.05) is 45.2 Å². The molecule has 3 heterocycles. The fraction of sp³-hybridized carbons (Fsp3) is 0.381. The molecule has 7 heteroatoms. The number of anilines is 2. The molecule has 1 fully saturated rings. The van der Waals surface area contributed by atoms with Crippen molar-refractivity contribution in [2.24, 2.45) is 0 Å². The fourth-order valence-corrected chi connectivity index (χ4v) is 3.69. The van der Waals surface area contributed by atoms with Crippen LogP contribution in [0.4, 0.5) is 11.6 Å². The van der Waals surface area contributed by atoms with E-state index in [0.717, 1.165) is 42.8 Å². The SMILES string of the molecule is Cc1cc(=O)n(C(C)C)c2nc(N(c3ccccc3)N3CCNCC3)ncc12. The molecule has 1 aromatic carbocycles. The van der Waals surface area contributed by atoms with Crippen LogP contribution in [0.15, 0.2) is 47.4 Å². The van der Waals surface area contributed by atoms with Crippen molar-refractivity contribution in [1.82, 2.24) is 24.9 Å². The summed E-state index contributed by atoms with van der Waals surface area (Å²) >= 11 is 0. The van der Waals surface area contributed by atoms with Crippen LogP contribution in [0.3, 0.4) is 0 Å². The molecule has 0 aliphatic carbocycles. The lowest BCUT2D eigenvalue weighted by molar-refractivity contribution is 0.240. The van der Waals surface area contributed by atoms with Gasteiger partial charge in [-0.3, -0.25) is 9.36 Å². The molecular weight excluding hydrogens is 352 g/mol. The minimum atomic E-state index is -0.0296. The lowest BCUT2D eigenvalue weighted by atomic mass is 10.2. The topological polar surface area (TPSA) is 66.3 Å². The lowest BCUT2D eigenvalue weighted by Gasteiger charge is -2.37. The van der Waals surface area contributed by atoms with Gasteiger partial charge in [-0.1, -0.05) is 18.2 Å². The third-order valence-corrected chi connectivity index (χ3v) is 5.07. The summed E-state index contributed by atoms with van der Waals surface area (Å²) in [5.41, 5.74) is 2.56. The Balaban J connectivity index is 1.91. The number of hydrogen-bond acceptors (Lipinski definition) is 6. The van der Waals surface area contributed by atoms with Crippen molar-refractivity contribution >= 4 is 22.7 Å². The Morgan fingerprint density at radius 1 is 1.14 bits per heavy atom. The van der Waals surface area contributed by atoms with Crippen molar-refractivity contribution in [2.45, 2.75) is 26.8 Å². The number of nitrogens with zero attached hydrogens (tertiary/aromatic N) is 5. The first-order valence-electron chi connectivity index (χ1n) is 9.76.